The fraction of sp³-hybridized carbons (Fsp3) is 0.571. The van der Waals surface area contributed by atoms with Crippen LogP contribution in [0, 0.1) is 10.1 Å². The van der Waals surface area contributed by atoms with Crippen LogP contribution in [0.15, 0.2) is 24.3 Å². The number of methoxy groups -OCH3 is 1. The molecule has 1 aliphatic rings. The van der Waals surface area contributed by atoms with E-state index in [2.05, 4.69) is 0 Å². The minimum absolute atomic E-state index is 0.0555. The first kappa shape index (κ1) is 17.7. The Bertz CT molecular complexity index is 537. The molecule has 9 heteroatoms. The number of aliphatic hydroxyl groups excluding tert-OH is 3. The Morgan fingerprint density at radius 3 is 2.57 bits per heavy atom. The lowest BCUT2D eigenvalue weighted by Gasteiger charge is -2.39. The molecule has 23 heavy (non-hydrogen) atoms. The number of hydrogen-bond acceptors (Lipinski definition) is 8. The summed E-state index contributed by atoms with van der Waals surface area (Å²) in [5, 5.41) is 40.2. The third kappa shape index (κ3) is 4.02. The highest BCUT2D eigenvalue weighted by Crippen LogP contribution is 2.23. The van der Waals surface area contributed by atoms with Crippen LogP contribution in [-0.2, 0) is 20.8 Å². The van der Waals surface area contributed by atoms with Crippen LogP contribution in [0.5, 0.6) is 0 Å². The monoisotopic (exact) mass is 329 g/mol. The molecule has 0 spiro atoms. The molecule has 1 aliphatic heterocycles. The van der Waals surface area contributed by atoms with Gasteiger partial charge in [-0.1, -0.05) is 12.1 Å². The number of hydrogen-bond donors (Lipinski definition) is 3. The van der Waals surface area contributed by atoms with Gasteiger partial charge < -0.3 is 29.5 Å². The van der Waals surface area contributed by atoms with Crippen LogP contribution in [0.3, 0.4) is 0 Å². The highest BCUT2D eigenvalue weighted by Gasteiger charge is 2.43. The first-order chi connectivity index (χ1) is 11.0. The zero-order valence-corrected chi connectivity index (χ0v) is 12.4. The van der Waals surface area contributed by atoms with Gasteiger partial charge in [-0.25, -0.2) is 0 Å². The molecule has 0 amide bonds. The Hall–Kier alpha value is -1.62. The van der Waals surface area contributed by atoms with E-state index in [1.165, 1.54) is 13.2 Å². The molecule has 0 aromatic heterocycles. The van der Waals surface area contributed by atoms with Gasteiger partial charge in [-0.3, -0.25) is 10.1 Å². The van der Waals surface area contributed by atoms with E-state index in [9.17, 15) is 25.4 Å². The van der Waals surface area contributed by atoms with Crippen LogP contribution in [0.1, 0.15) is 5.56 Å². The van der Waals surface area contributed by atoms with Gasteiger partial charge in [0.1, 0.15) is 24.4 Å². The molecule has 5 atom stereocenters. The van der Waals surface area contributed by atoms with Gasteiger partial charge in [-0.15, -0.1) is 0 Å². The number of nitrogens with zero attached hydrogens (tertiary/aromatic N) is 1. The van der Waals surface area contributed by atoms with Gasteiger partial charge in [0, 0.05) is 13.2 Å². The van der Waals surface area contributed by atoms with Gasteiger partial charge in [0.15, 0.2) is 6.29 Å². The second kappa shape index (κ2) is 7.77. The molecule has 2 rings (SSSR count). The lowest BCUT2D eigenvalue weighted by Crippen LogP contribution is -2.59. The maximum Gasteiger partial charge on any atom is 0.274 e. The lowest BCUT2D eigenvalue weighted by molar-refractivity contribution is -0.386. The van der Waals surface area contributed by atoms with Gasteiger partial charge in [-0.05, 0) is 6.07 Å². The zero-order valence-electron chi connectivity index (χ0n) is 12.4. The van der Waals surface area contributed by atoms with Crippen molar-refractivity contribution < 1.29 is 34.5 Å². The summed E-state index contributed by atoms with van der Waals surface area (Å²) < 4.78 is 15.5. The highest BCUT2D eigenvalue weighted by atomic mass is 16.7. The van der Waals surface area contributed by atoms with E-state index in [-0.39, 0.29) is 18.9 Å². The average molecular weight is 329 g/mol. The summed E-state index contributed by atoms with van der Waals surface area (Å²) in [6, 6.07) is 6.13. The van der Waals surface area contributed by atoms with E-state index in [4.69, 9.17) is 14.2 Å². The highest BCUT2D eigenvalue weighted by molar-refractivity contribution is 5.39. The summed E-state index contributed by atoms with van der Waals surface area (Å²) in [7, 11) is 1.30. The molecule has 9 nitrogen and oxygen atoms in total. The van der Waals surface area contributed by atoms with Gasteiger partial charge in [0.05, 0.1) is 23.7 Å². The first-order valence-electron chi connectivity index (χ1n) is 6.98. The fourth-order valence-electron chi connectivity index (χ4n) is 2.35. The lowest BCUT2D eigenvalue weighted by atomic mass is 9.99. The van der Waals surface area contributed by atoms with Gasteiger partial charge in [0.25, 0.3) is 5.69 Å². The molecule has 0 saturated carbocycles. The van der Waals surface area contributed by atoms with Crippen molar-refractivity contribution >= 4 is 5.69 Å². The van der Waals surface area contributed by atoms with E-state index in [0.29, 0.717) is 5.56 Å². The summed E-state index contributed by atoms with van der Waals surface area (Å²) in [6.07, 6.45) is -6.19. The predicted octanol–water partition coefficient (Wildman–Crippen LogP) is -0.435. The Balaban J connectivity index is 1.94. The van der Waals surface area contributed by atoms with E-state index in [1.54, 1.807) is 18.2 Å². The van der Waals surface area contributed by atoms with Crippen molar-refractivity contribution in [3.63, 3.8) is 0 Å². The van der Waals surface area contributed by atoms with E-state index < -0.39 is 35.6 Å². The maximum absolute atomic E-state index is 10.9. The molecule has 1 fully saturated rings. The number of rotatable bonds is 6. The summed E-state index contributed by atoms with van der Waals surface area (Å²) in [5.41, 5.74) is 0.314. The van der Waals surface area contributed by atoms with Crippen molar-refractivity contribution in [3.8, 4) is 0 Å². The largest absolute Gasteiger partial charge is 0.387 e. The zero-order chi connectivity index (χ0) is 17.0. The molecule has 0 bridgehead atoms. The molecule has 128 valence electrons. The van der Waals surface area contributed by atoms with Gasteiger partial charge in [0.2, 0.25) is 0 Å². The Morgan fingerprint density at radius 1 is 1.22 bits per heavy atom. The van der Waals surface area contributed by atoms with Crippen LogP contribution in [0.4, 0.5) is 5.69 Å². The summed E-state index contributed by atoms with van der Waals surface area (Å²) in [4.78, 5) is 10.4. The molecule has 1 saturated heterocycles. The Kier molecular flexibility index (Phi) is 5.99. The molecule has 1 aromatic rings. The van der Waals surface area contributed by atoms with Gasteiger partial charge >= 0.3 is 0 Å². The van der Waals surface area contributed by atoms with Crippen LogP contribution in [0.25, 0.3) is 0 Å². The van der Waals surface area contributed by atoms with Crippen molar-refractivity contribution in [2.45, 2.75) is 37.3 Å². The van der Waals surface area contributed by atoms with E-state index in [0.717, 1.165) is 0 Å². The molecule has 3 N–H and O–H groups in total. The first-order valence-corrected chi connectivity index (χ1v) is 6.98. The number of nitro groups is 1. The van der Waals surface area contributed by atoms with Gasteiger partial charge in [-0.2, -0.15) is 0 Å². The Labute approximate surface area is 132 Å². The van der Waals surface area contributed by atoms with E-state index >= 15 is 0 Å². The minimum Gasteiger partial charge on any atom is -0.387 e. The van der Waals surface area contributed by atoms with E-state index in [1.807, 2.05) is 0 Å². The van der Waals surface area contributed by atoms with Crippen LogP contribution < -0.4 is 0 Å². The molecular weight excluding hydrogens is 310 g/mol. The summed E-state index contributed by atoms with van der Waals surface area (Å²) in [6.45, 7) is -0.184. The van der Waals surface area contributed by atoms with Crippen molar-refractivity contribution in [2.75, 3.05) is 13.7 Å². The fourth-order valence-corrected chi connectivity index (χ4v) is 2.35. The number of nitro benzene ring substituents is 1. The number of aliphatic hydroxyl groups is 3. The number of benzene rings is 1. The number of para-hydroxylation sites is 1. The van der Waals surface area contributed by atoms with Crippen molar-refractivity contribution in [1.82, 2.24) is 0 Å². The maximum atomic E-state index is 10.9. The molecule has 0 aliphatic carbocycles. The standard InChI is InChI=1S/C14H19NO8/c1-21-14-13(18)12(17)11(16)10(23-14)7-22-6-8-4-2-3-5-9(8)15(19)20/h2-5,10-14,16-18H,6-7H2,1H3/t10-,11-,12+,13-,14?/m1/s1. The van der Waals surface area contributed by atoms with Crippen molar-refractivity contribution in [3.05, 3.63) is 39.9 Å². The second-order valence-corrected chi connectivity index (χ2v) is 5.15. The third-order valence-corrected chi connectivity index (χ3v) is 3.63. The van der Waals surface area contributed by atoms with Crippen molar-refractivity contribution in [1.29, 1.82) is 0 Å². The molecular formula is C14H19NO8. The predicted molar refractivity (Wildman–Crippen MR) is 76.4 cm³/mol. The molecule has 1 aromatic carbocycles. The average Bonchev–Trinajstić information content (AvgIpc) is 2.55. The molecule has 0 radical (unpaired) electrons. The third-order valence-electron chi connectivity index (χ3n) is 3.63. The Morgan fingerprint density at radius 2 is 1.91 bits per heavy atom. The summed E-state index contributed by atoms with van der Waals surface area (Å²) >= 11 is 0. The normalized spacial score (nSPS) is 31.0. The SMILES string of the molecule is COC1O[C@H](COCc2ccccc2[N+](=O)[O-])[C@@H](O)[C@H](O)[C@H]1O. The van der Waals surface area contributed by atoms with Crippen LogP contribution in [0.2, 0.25) is 0 Å². The molecule has 1 unspecified atom stereocenters. The minimum atomic E-state index is -1.44. The number of ether oxygens (including phenoxy) is 3. The summed E-state index contributed by atoms with van der Waals surface area (Å²) in [5.74, 6) is 0. The second-order valence-electron chi connectivity index (χ2n) is 5.15. The van der Waals surface area contributed by atoms with Crippen LogP contribution >= 0.6 is 0 Å². The smallest absolute Gasteiger partial charge is 0.274 e. The van der Waals surface area contributed by atoms with Crippen LogP contribution in [-0.4, -0.2) is 64.7 Å². The van der Waals surface area contributed by atoms with Crippen molar-refractivity contribution in [2.24, 2.45) is 0 Å². The molecule has 1 heterocycles. The topological polar surface area (TPSA) is 132 Å². The quantitative estimate of drug-likeness (QED) is 0.473.